The number of amides is 1. The second-order valence-corrected chi connectivity index (χ2v) is 10.2. The van der Waals surface area contributed by atoms with Crippen molar-refractivity contribution in [2.45, 2.75) is 50.0 Å². The third-order valence-electron chi connectivity index (χ3n) is 6.26. The van der Waals surface area contributed by atoms with Crippen LogP contribution in [0.5, 0.6) is 5.88 Å². The van der Waals surface area contributed by atoms with Crippen LogP contribution in [-0.2, 0) is 34.2 Å². The second kappa shape index (κ2) is 9.36. The Kier molecular flexibility index (Phi) is 6.57. The Balaban J connectivity index is 1.33. The number of hydrogen-bond donors (Lipinski definition) is 1. The zero-order valence-corrected chi connectivity index (χ0v) is 18.7. The van der Waals surface area contributed by atoms with Crippen LogP contribution in [0.25, 0.3) is 0 Å². The molecule has 0 spiro atoms. The molecule has 2 aliphatic rings. The standard InChI is InChI=1S/C23H29N3O4S/c1-30-22-14-17(8-11-24-22)16-25-23(27)19-9-12-26(13-10-19)31(28,29)21-7-6-18-4-2-3-5-20(18)15-21/h6-8,11,14-15,19H,2-5,9-10,12-13,16H2,1H3,(H,25,27). The molecule has 2 heterocycles. The fourth-order valence-electron chi connectivity index (χ4n) is 4.38. The summed E-state index contributed by atoms with van der Waals surface area (Å²) in [4.78, 5) is 17.0. The highest BCUT2D eigenvalue weighted by Crippen LogP contribution is 2.28. The molecule has 2 aromatic rings. The van der Waals surface area contributed by atoms with E-state index in [0.29, 0.717) is 43.3 Å². The zero-order chi connectivity index (χ0) is 21.8. The van der Waals surface area contributed by atoms with Crippen molar-refractivity contribution in [3.8, 4) is 5.88 Å². The van der Waals surface area contributed by atoms with Crippen molar-refractivity contribution >= 4 is 15.9 Å². The minimum atomic E-state index is -3.53. The van der Waals surface area contributed by atoms with E-state index < -0.39 is 10.0 Å². The number of carbonyl (C=O) groups is 1. The summed E-state index contributed by atoms with van der Waals surface area (Å²) in [5, 5.41) is 2.95. The molecule has 1 amide bonds. The van der Waals surface area contributed by atoms with E-state index in [1.807, 2.05) is 18.2 Å². The van der Waals surface area contributed by atoms with Gasteiger partial charge in [-0.15, -0.1) is 0 Å². The number of piperidine rings is 1. The van der Waals surface area contributed by atoms with Gasteiger partial charge in [-0.1, -0.05) is 6.07 Å². The first kappa shape index (κ1) is 21.8. The predicted molar refractivity (Wildman–Crippen MR) is 117 cm³/mol. The first-order chi connectivity index (χ1) is 15.0. The van der Waals surface area contributed by atoms with E-state index in [4.69, 9.17) is 4.74 Å². The third-order valence-corrected chi connectivity index (χ3v) is 8.15. The van der Waals surface area contributed by atoms with Gasteiger partial charge in [-0.3, -0.25) is 4.79 Å². The molecule has 1 aromatic carbocycles. The molecule has 166 valence electrons. The number of carbonyl (C=O) groups excluding carboxylic acids is 1. The Morgan fingerprint density at radius 2 is 1.87 bits per heavy atom. The van der Waals surface area contributed by atoms with Crippen LogP contribution < -0.4 is 10.1 Å². The van der Waals surface area contributed by atoms with Crippen LogP contribution in [0, 0.1) is 5.92 Å². The fraction of sp³-hybridized carbons (Fsp3) is 0.478. The molecule has 0 bridgehead atoms. The Hall–Kier alpha value is -2.45. The summed E-state index contributed by atoms with van der Waals surface area (Å²) in [6.45, 7) is 1.12. The van der Waals surface area contributed by atoms with Gasteiger partial charge in [0, 0.05) is 37.8 Å². The van der Waals surface area contributed by atoms with Gasteiger partial charge in [-0.25, -0.2) is 13.4 Å². The number of methoxy groups -OCH3 is 1. The quantitative estimate of drug-likeness (QED) is 0.742. The van der Waals surface area contributed by atoms with E-state index >= 15 is 0 Å². The molecule has 0 saturated carbocycles. The molecular weight excluding hydrogens is 414 g/mol. The molecule has 31 heavy (non-hydrogen) atoms. The summed E-state index contributed by atoms with van der Waals surface area (Å²) in [5.41, 5.74) is 3.34. The number of nitrogens with one attached hydrogen (secondary N) is 1. The van der Waals surface area contributed by atoms with E-state index in [1.54, 1.807) is 25.4 Å². The van der Waals surface area contributed by atoms with Crippen LogP contribution in [0.15, 0.2) is 41.4 Å². The van der Waals surface area contributed by atoms with Crippen molar-refractivity contribution in [2.75, 3.05) is 20.2 Å². The number of hydrogen-bond acceptors (Lipinski definition) is 5. The average molecular weight is 444 g/mol. The molecular formula is C23H29N3O4S. The first-order valence-electron chi connectivity index (χ1n) is 10.9. The summed E-state index contributed by atoms with van der Waals surface area (Å²) in [5.74, 6) is 0.285. The molecule has 0 radical (unpaired) electrons. The number of rotatable bonds is 6. The lowest BCUT2D eigenvalue weighted by Crippen LogP contribution is -2.42. The number of ether oxygens (including phenoxy) is 1. The van der Waals surface area contributed by atoms with Gasteiger partial charge < -0.3 is 10.1 Å². The van der Waals surface area contributed by atoms with Crippen LogP contribution in [0.4, 0.5) is 0 Å². The van der Waals surface area contributed by atoms with E-state index in [0.717, 1.165) is 30.4 Å². The number of fused-ring (bicyclic) bond motifs is 1. The summed E-state index contributed by atoms with van der Waals surface area (Å²) >= 11 is 0. The smallest absolute Gasteiger partial charge is 0.243 e. The van der Waals surface area contributed by atoms with Gasteiger partial charge in [0.25, 0.3) is 0 Å². The number of aryl methyl sites for hydroxylation is 2. The molecule has 1 aliphatic heterocycles. The lowest BCUT2D eigenvalue weighted by molar-refractivity contribution is -0.126. The summed E-state index contributed by atoms with van der Waals surface area (Å²) in [6, 6.07) is 9.17. The molecule has 4 rings (SSSR count). The Morgan fingerprint density at radius 3 is 2.61 bits per heavy atom. The minimum Gasteiger partial charge on any atom is -0.481 e. The number of aromatic nitrogens is 1. The van der Waals surface area contributed by atoms with Crippen molar-refractivity contribution in [3.63, 3.8) is 0 Å². The number of nitrogens with zero attached hydrogens (tertiary/aromatic N) is 2. The van der Waals surface area contributed by atoms with E-state index in [1.165, 1.54) is 16.3 Å². The third kappa shape index (κ3) is 4.91. The van der Waals surface area contributed by atoms with Crippen LogP contribution in [0.2, 0.25) is 0 Å². The number of pyridine rings is 1. The fourth-order valence-corrected chi connectivity index (χ4v) is 5.90. The maximum absolute atomic E-state index is 13.1. The van der Waals surface area contributed by atoms with Gasteiger partial charge in [0.05, 0.1) is 12.0 Å². The Morgan fingerprint density at radius 1 is 1.13 bits per heavy atom. The topological polar surface area (TPSA) is 88.6 Å². The van der Waals surface area contributed by atoms with Crippen molar-refractivity contribution in [1.29, 1.82) is 0 Å². The van der Waals surface area contributed by atoms with Gasteiger partial charge in [0.1, 0.15) is 0 Å². The average Bonchev–Trinajstić information content (AvgIpc) is 2.82. The van der Waals surface area contributed by atoms with Gasteiger partial charge in [-0.05, 0) is 73.4 Å². The monoisotopic (exact) mass is 443 g/mol. The second-order valence-electron chi connectivity index (χ2n) is 8.24. The summed E-state index contributed by atoms with van der Waals surface area (Å²) in [7, 11) is -1.97. The molecule has 0 atom stereocenters. The molecule has 1 fully saturated rings. The van der Waals surface area contributed by atoms with Crippen LogP contribution >= 0.6 is 0 Å². The first-order valence-corrected chi connectivity index (χ1v) is 12.3. The van der Waals surface area contributed by atoms with Gasteiger partial charge in [0.15, 0.2) is 0 Å². The van der Waals surface area contributed by atoms with Crippen molar-refractivity contribution in [3.05, 3.63) is 53.2 Å². The molecule has 7 nitrogen and oxygen atoms in total. The van der Waals surface area contributed by atoms with Crippen molar-refractivity contribution < 1.29 is 17.9 Å². The molecule has 0 unspecified atom stereocenters. The van der Waals surface area contributed by atoms with Crippen LogP contribution in [-0.4, -0.2) is 43.8 Å². The normalized spacial score (nSPS) is 17.7. The molecule has 1 N–H and O–H groups in total. The van der Waals surface area contributed by atoms with E-state index in [9.17, 15) is 13.2 Å². The molecule has 8 heteroatoms. The van der Waals surface area contributed by atoms with Crippen molar-refractivity contribution in [2.24, 2.45) is 5.92 Å². The zero-order valence-electron chi connectivity index (χ0n) is 17.8. The highest BCUT2D eigenvalue weighted by atomic mass is 32.2. The van der Waals surface area contributed by atoms with Crippen LogP contribution in [0.3, 0.4) is 0 Å². The van der Waals surface area contributed by atoms with Crippen LogP contribution in [0.1, 0.15) is 42.4 Å². The van der Waals surface area contributed by atoms with Gasteiger partial charge >= 0.3 is 0 Å². The highest BCUT2D eigenvalue weighted by Gasteiger charge is 2.32. The molecule has 1 saturated heterocycles. The largest absolute Gasteiger partial charge is 0.481 e. The SMILES string of the molecule is COc1cc(CNC(=O)C2CCN(S(=O)(=O)c3ccc4c(c3)CCCC4)CC2)ccn1. The van der Waals surface area contributed by atoms with E-state index in [2.05, 4.69) is 10.3 Å². The lowest BCUT2D eigenvalue weighted by Gasteiger charge is -2.31. The number of benzene rings is 1. The highest BCUT2D eigenvalue weighted by molar-refractivity contribution is 7.89. The molecule has 1 aliphatic carbocycles. The van der Waals surface area contributed by atoms with E-state index in [-0.39, 0.29) is 11.8 Å². The summed E-state index contributed by atoms with van der Waals surface area (Å²) in [6.07, 6.45) is 6.95. The Bertz CT molecular complexity index is 1050. The van der Waals surface area contributed by atoms with Gasteiger partial charge in [0.2, 0.25) is 21.8 Å². The lowest BCUT2D eigenvalue weighted by atomic mass is 9.92. The maximum Gasteiger partial charge on any atom is 0.243 e. The predicted octanol–water partition coefficient (Wildman–Crippen LogP) is 2.69. The Labute approximate surface area is 183 Å². The van der Waals surface area contributed by atoms with Crippen molar-refractivity contribution in [1.82, 2.24) is 14.6 Å². The summed E-state index contributed by atoms with van der Waals surface area (Å²) < 4.78 is 32.9. The molecule has 1 aromatic heterocycles. The maximum atomic E-state index is 13.1. The van der Waals surface area contributed by atoms with Gasteiger partial charge in [-0.2, -0.15) is 4.31 Å². The number of sulfonamides is 1. The minimum absolute atomic E-state index is 0.0402.